The second-order valence-corrected chi connectivity index (χ2v) is 6.30. The zero-order valence-corrected chi connectivity index (χ0v) is 12.9. The standard InChI is InChI=1S/C14H16N4O2S/c1-4-5-18-12-10(13(19)17-14(18)20)15-11(16-12)9-6-7(2)8(3)21-9/h6H,4-5H2,1-3H3,(H,15,16)(H,17,19,20). The van der Waals surface area contributed by atoms with E-state index in [0.717, 1.165) is 11.3 Å². The minimum Gasteiger partial charge on any atom is -0.331 e. The second kappa shape index (κ2) is 5.00. The lowest BCUT2D eigenvalue weighted by Gasteiger charge is -2.02. The van der Waals surface area contributed by atoms with Crippen molar-refractivity contribution in [3.8, 4) is 10.7 Å². The third-order valence-electron chi connectivity index (χ3n) is 3.48. The molecule has 0 aliphatic rings. The van der Waals surface area contributed by atoms with E-state index in [0.29, 0.717) is 23.5 Å². The number of aryl methyl sites for hydroxylation is 3. The van der Waals surface area contributed by atoms with E-state index in [2.05, 4.69) is 15.0 Å². The number of aromatic nitrogens is 4. The van der Waals surface area contributed by atoms with Gasteiger partial charge in [0.15, 0.2) is 11.5 Å². The van der Waals surface area contributed by atoms with Gasteiger partial charge in [0.2, 0.25) is 0 Å². The van der Waals surface area contributed by atoms with Gasteiger partial charge in [0.25, 0.3) is 5.56 Å². The zero-order chi connectivity index (χ0) is 15.1. The van der Waals surface area contributed by atoms with Gasteiger partial charge < -0.3 is 4.98 Å². The van der Waals surface area contributed by atoms with Crippen LogP contribution in [-0.4, -0.2) is 19.5 Å². The highest BCUT2D eigenvalue weighted by Gasteiger charge is 2.15. The predicted molar refractivity (Wildman–Crippen MR) is 84.1 cm³/mol. The summed E-state index contributed by atoms with van der Waals surface area (Å²) in [6.07, 6.45) is 0.792. The monoisotopic (exact) mass is 304 g/mol. The van der Waals surface area contributed by atoms with E-state index in [1.807, 2.05) is 26.8 Å². The lowest BCUT2D eigenvalue weighted by Crippen LogP contribution is -2.30. The van der Waals surface area contributed by atoms with Crippen LogP contribution in [0.2, 0.25) is 0 Å². The molecular weight excluding hydrogens is 288 g/mol. The summed E-state index contributed by atoms with van der Waals surface area (Å²) >= 11 is 1.62. The molecule has 0 spiro atoms. The Balaban J connectivity index is 2.28. The molecule has 0 saturated heterocycles. The van der Waals surface area contributed by atoms with E-state index in [1.54, 1.807) is 11.3 Å². The van der Waals surface area contributed by atoms with Gasteiger partial charge in [-0.25, -0.2) is 9.78 Å². The Morgan fingerprint density at radius 2 is 2.05 bits per heavy atom. The highest BCUT2D eigenvalue weighted by molar-refractivity contribution is 7.15. The van der Waals surface area contributed by atoms with E-state index < -0.39 is 11.2 Å². The van der Waals surface area contributed by atoms with Gasteiger partial charge in [-0.15, -0.1) is 11.3 Å². The molecule has 6 nitrogen and oxygen atoms in total. The summed E-state index contributed by atoms with van der Waals surface area (Å²) in [5, 5.41) is 0. The molecule has 21 heavy (non-hydrogen) atoms. The summed E-state index contributed by atoms with van der Waals surface area (Å²) in [7, 11) is 0. The van der Waals surface area contributed by atoms with Crippen LogP contribution < -0.4 is 11.2 Å². The first kappa shape index (κ1) is 13.8. The molecule has 3 aromatic heterocycles. The number of H-pyrrole nitrogens is 2. The minimum atomic E-state index is -0.425. The van der Waals surface area contributed by atoms with Crippen molar-refractivity contribution in [1.82, 2.24) is 19.5 Å². The van der Waals surface area contributed by atoms with Crippen molar-refractivity contribution in [2.75, 3.05) is 0 Å². The SMILES string of the molecule is CCCn1c(=O)[nH]c(=O)c2[nH]c(-c3cc(C)c(C)s3)nc21. The van der Waals surface area contributed by atoms with Crippen molar-refractivity contribution < 1.29 is 0 Å². The molecule has 3 heterocycles. The van der Waals surface area contributed by atoms with Gasteiger partial charge in [-0.3, -0.25) is 14.3 Å². The van der Waals surface area contributed by atoms with Gasteiger partial charge >= 0.3 is 5.69 Å². The maximum atomic E-state index is 11.9. The molecule has 0 radical (unpaired) electrons. The fraction of sp³-hybridized carbons (Fsp3) is 0.357. The van der Waals surface area contributed by atoms with Gasteiger partial charge in [-0.05, 0) is 31.9 Å². The molecule has 0 aliphatic carbocycles. The van der Waals surface area contributed by atoms with Crippen LogP contribution in [0.3, 0.4) is 0 Å². The van der Waals surface area contributed by atoms with Gasteiger partial charge in [0.1, 0.15) is 5.52 Å². The molecule has 110 valence electrons. The van der Waals surface area contributed by atoms with Crippen molar-refractivity contribution in [2.24, 2.45) is 0 Å². The summed E-state index contributed by atoms with van der Waals surface area (Å²) in [5.41, 5.74) is 1.12. The number of aromatic amines is 2. The largest absolute Gasteiger partial charge is 0.331 e. The molecule has 0 unspecified atom stereocenters. The Morgan fingerprint density at radius 3 is 2.67 bits per heavy atom. The summed E-state index contributed by atoms with van der Waals surface area (Å²) in [6.45, 7) is 6.59. The molecule has 0 aliphatic heterocycles. The average Bonchev–Trinajstić information content (AvgIpc) is 3.00. The number of thiophene rings is 1. The van der Waals surface area contributed by atoms with Gasteiger partial charge in [0, 0.05) is 11.4 Å². The highest BCUT2D eigenvalue weighted by Crippen LogP contribution is 2.29. The topological polar surface area (TPSA) is 83.5 Å². The second-order valence-electron chi connectivity index (χ2n) is 5.04. The number of hydrogen-bond acceptors (Lipinski definition) is 4. The molecule has 3 rings (SSSR count). The summed E-state index contributed by atoms with van der Waals surface area (Å²) in [6, 6.07) is 2.04. The van der Waals surface area contributed by atoms with Crippen molar-refractivity contribution in [2.45, 2.75) is 33.7 Å². The number of hydrogen-bond donors (Lipinski definition) is 2. The van der Waals surface area contributed by atoms with Crippen LogP contribution in [0.4, 0.5) is 0 Å². The van der Waals surface area contributed by atoms with Crippen molar-refractivity contribution in [1.29, 1.82) is 0 Å². The Bertz CT molecular complexity index is 909. The molecule has 0 amide bonds. The summed E-state index contributed by atoms with van der Waals surface area (Å²) < 4.78 is 1.50. The number of imidazole rings is 1. The van der Waals surface area contributed by atoms with Gasteiger partial charge in [-0.2, -0.15) is 0 Å². The van der Waals surface area contributed by atoms with Crippen molar-refractivity contribution in [3.63, 3.8) is 0 Å². The number of rotatable bonds is 3. The van der Waals surface area contributed by atoms with Crippen molar-refractivity contribution in [3.05, 3.63) is 37.3 Å². The van der Waals surface area contributed by atoms with Crippen LogP contribution >= 0.6 is 11.3 Å². The first-order valence-electron chi connectivity index (χ1n) is 6.81. The molecule has 3 aromatic rings. The first-order chi connectivity index (χ1) is 10.0. The molecule has 7 heteroatoms. The lowest BCUT2D eigenvalue weighted by atomic mass is 10.3. The summed E-state index contributed by atoms with van der Waals surface area (Å²) in [5.74, 6) is 0.632. The van der Waals surface area contributed by atoms with E-state index >= 15 is 0 Å². The van der Waals surface area contributed by atoms with E-state index in [9.17, 15) is 9.59 Å². The van der Waals surface area contributed by atoms with Crippen molar-refractivity contribution >= 4 is 22.5 Å². The maximum absolute atomic E-state index is 11.9. The Hall–Kier alpha value is -2.15. The predicted octanol–water partition coefficient (Wildman–Crippen LogP) is 2.17. The normalized spacial score (nSPS) is 11.4. The van der Waals surface area contributed by atoms with Crippen LogP contribution in [0.1, 0.15) is 23.8 Å². The smallest absolute Gasteiger partial charge is 0.330 e. The van der Waals surface area contributed by atoms with Crippen LogP contribution in [0.5, 0.6) is 0 Å². The number of nitrogens with one attached hydrogen (secondary N) is 2. The van der Waals surface area contributed by atoms with Gasteiger partial charge in [0.05, 0.1) is 4.88 Å². The van der Waals surface area contributed by atoms with Crippen LogP contribution in [0, 0.1) is 13.8 Å². The Morgan fingerprint density at radius 1 is 1.29 bits per heavy atom. The van der Waals surface area contributed by atoms with Crippen LogP contribution in [0.25, 0.3) is 21.9 Å². The molecule has 0 atom stereocenters. The average molecular weight is 304 g/mol. The molecule has 0 aromatic carbocycles. The Kier molecular flexibility index (Phi) is 3.29. The minimum absolute atomic E-state index is 0.349. The van der Waals surface area contributed by atoms with Crippen LogP contribution in [-0.2, 0) is 6.54 Å². The molecule has 0 bridgehead atoms. The number of fused-ring (bicyclic) bond motifs is 1. The third-order valence-corrected chi connectivity index (χ3v) is 4.64. The van der Waals surface area contributed by atoms with E-state index in [1.165, 1.54) is 15.0 Å². The molecular formula is C14H16N4O2S. The van der Waals surface area contributed by atoms with E-state index in [-0.39, 0.29) is 0 Å². The lowest BCUT2D eigenvalue weighted by molar-refractivity contribution is 0.653. The van der Waals surface area contributed by atoms with E-state index in [4.69, 9.17) is 0 Å². The molecule has 0 saturated carbocycles. The molecule has 0 fully saturated rings. The number of nitrogens with zero attached hydrogens (tertiary/aromatic N) is 2. The quantitative estimate of drug-likeness (QED) is 0.778. The molecule has 2 N–H and O–H groups in total. The fourth-order valence-electron chi connectivity index (χ4n) is 2.28. The zero-order valence-electron chi connectivity index (χ0n) is 12.1. The third kappa shape index (κ3) is 2.23. The first-order valence-corrected chi connectivity index (χ1v) is 7.63. The maximum Gasteiger partial charge on any atom is 0.330 e. The highest BCUT2D eigenvalue weighted by atomic mass is 32.1. The van der Waals surface area contributed by atoms with Gasteiger partial charge in [-0.1, -0.05) is 6.92 Å². The summed E-state index contributed by atoms with van der Waals surface area (Å²) in [4.78, 5) is 35.9. The fourth-order valence-corrected chi connectivity index (χ4v) is 3.26. The Labute approximate surface area is 124 Å². The van der Waals surface area contributed by atoms with Crippen LogP contribution in [0.15, 0.2) is 15.7 Å².